The van der Waals surface area contributed by atoms with Gasteiger partial charge < -0.3 is 14.0 Å². The van der Waals surface area contributed by atoms with E-state index in [4.69, 9.17) is 9.47 Å². The number of ether oxygens (including phenoxy) is 2. The molecule has 3 heterocycles. The van der Waals surface area contributed by atoms with Gasteiger partial charge in [-0.25, -0.2) is 0 Å². The highest BCUT2D eigenvalue weighted by Gasteiger charge is 2.30. The standard InChI is InChI=1S/C22H19N3O5S/c1-2-9-24-15-10-16-17(30-12-29-16)11-18(15)31-22(24)23-21(28)13-3-5-14(6-4-13)25-19(26)7-8-20(25)27/h3-6,10-11H,2,7-9,12H2,1H3. The number of nitrogens with zero attached hydrogens (tertiary/aromatic N) is 3. The summed E-state index contributed by atoms with van der Waals surface area (Å²) < 4.78 is 13.9. The normalized spacial score (nSPS) is 16.0. The lowest BCUT2D eigenvalue weighted by molar-refractivity contribution is -0.121. The minimum absolute atomic E-state index is 0.209. The molecule has 8 nitrogen and oxygen atoms in total. The van der Waals surface area contributed by atoms with Crippen LogP contribution in [0.1, 0.15) is 36.5 Å². The highest BCUT2D eigenvalue weighted by atomic mass is 32.1. The smallest absolute Gasteiger partial charge is 0.279 e. The molecule has 3 amide bonds. The van der Waals surface area contributed by atoms with Gasteiger partial charge >= 0.3 is 0 Å². The molecule has 0 atom stereocenters. The maximum atomic E-state index is 12.8. The molecule has 31 heavy (non-hydrogen) atoms. The van der Waals surface area contributed by atoms with E-state index in [-0.39, 0.29) is 37.4 Å². The number of anilines is 1. The molecule has 3 aromatic rings. The number of amides is 3. The molecule has 0 saturated carbocycles. The van der Waals surface area contributed by atoms with Crippen molar-refractivity contribution in [3.63, 3.8) is 0 Å². The van der Waals surface area contributed by atoms with E-state index in [0.29, 0.717) is 34.1 Å². The Morgan fingerprint density at radius 2 is 1.74 bits per heavy atom. The molecule has 0 unspecified atom stereocenters. The average Bonchev–Trinajstić information content (AvgIpc) is 3.44. The van der Waals surface area contributed by atoms with Crippen molar-refractivity contribution in [2.24, 2.45) is 4.99 Å². The number of fused-ring (bicyclic) bond motifs is 2. The lowest BCUT2D eigenvalue weighted by Gasteiger charge is -2.13. The van der Waals surface area contributed by atoms with Crippen molar-refractivity contribution in [2.75, 3.05) is 11.7 Å². The van der Waals surface area contributed by atoms with Crippen molar-refractivity contribution in [2.45, 2.75) is 32.7 Å². The number of carbonyl (C=O) groups is 3. The summed E-state index contributed by atoms with van der Waals surface area (Å²) in [6, 6.07) is 10.2. The Hall–Kier alpha value is -3.46. The highest BCUT2D eigenvalue weighted by molar-refractivity contribution is 7.16. The number of imide groups is 1. The summed E-state index contributed by atoms with van der Waals surface area (Å²) in [5.74, 6) is 0.549. The van der Waals surface area contributed by atoms with Gasteiger partial charge in [0.25, 0.3) is 5.91 Å². The Bertz CT molecular complexity index is 1270. The number of hydrogen-bond donors (Lipinski definition) is 0. The fourth-order valence-electron chi connectivity index (χ4n) is 3.75. The first kappa shape index (κ1) is 19.5. The second-order valence-corrected chi connectivity index (χ2v) is 8.31. The third kappa shape index (κ3) is 3.40. The van der Waals surface area contributed by atoms with Crippen LogP contribution >= 0.6 is 11.3 Å². The molecular formula is C22H19N3O5S. The first-order valence-electron chi connectivity index (χ1n) is 10.0. The van der Waals surface area contributed by atoms with E-state index in [1.165, 1.54) is 11.3 Å². The zero-order valence-corrected chi connectivity index (χ0v) is 17.6. The Balaban J connectivity index is 1.50. The van der Waals surface area contributed by atoms with Crippen molar-refractivity contribution in [1.29, 1.82) is 0 Å². The number of carbonyl (C=O) groups excluding carboxylic acids is 3. The van der Waals surface area contributed by atoms with Crippen molar-refractivity contribution < 1.29 is 23.9 Å². The van der Waals surface area contributed by atoms with Crippen LogP contribution in [0.4, 0.5) is 5.69 Å². The molecule has 9 heteroatoms. The fraction of sp³-hybridized carbons (Fsp3) is 0.273. The van der Waals surface area contributed by atoms with E-state index in [9.17, 15) is 14.4 Å². The topological polar surface area (TPSA) is 90.2 Å². The maximum Gasteiger partial charge on any atom is 0.279 e. The van der Waals surface area contributed by atoms with E-state index in [2.05, 4.69) is 11.9 Å². The molecule has 1 aromatic heterocycles. The van der Waals surface area contributed by atoms with E-state index < -0.39 is 0 Å². The van der Waals surface area contributed by atoms with Crippen molar-refractivity contribution in [3.05, 3.63) is 46.8 Å². The molecule has 0 radical (unpaired) electrons. The summed E-state index contributed by atoms with van der Waals surface area (Å²) in [6.07, 6.45) is 1.32. The SMILES string of the molecule is CCCn1c(=NC(=O)c2ccc(N3C(=O)CCC3=O)cc2)sc2cc3c(cc21)OCO3. The number of benzene rings is 2. The summed E-state index contributed by atoms with van der Waals surface area (Å²) in [5.41, 5.74) is 1.81. The fourth-order valence-corrected chi connectivity index (χ4v) is 4.82. The van der Waals surface area contributed by atoms with Gasteiger partial charge in [0.05, 0.1) is 15.9 Å². The predicted octanol–water partition coefficient (Wildman–Crippen LogP) is 3.24. The Morgan fingerprint density at radius 1 is 1.06 bits per heavy atom. The van der Waals surface area contributed by atoms with Crippen LogP contribution in [0.3, 0.4) is 0 Å². The molecule has 1 saturated heterocycles. The van der Waals surface area contributed by atoms with E-state index >= 15 is 0 Å². The van der Waals surface area contributed by atoms with Gasteiger partial charge in [0.2, 0.25) is 18.6 Å². The first-order chi connectivity index (χ1) is 15.0. The summed E-state index contributed by atoms with van der Waals surface area (Å²) in [7, 11) is 0. The summed E-state index contributed by atoms with van der Waals surface area (Å²) >= 11 is 1.42. The molecule has 5 rings (SSSR count). The molecule has 2 aliphatic heterocycles. The second-order valence-electron chi connectivity index (χ2n) is 7.30. The Morgan fingerprint density at radius 3 is 2.42 bits per heavy atom. The van der Waals surface area contributed by atoms with Gasteiger partial charge in [0, 0.05) is 37.1 Å². The second kappa shape index (κ2) is 7.66. The van der Waals surface area contributed by atoms with Gasteiger partial charge in [0.15, 0.2) is 16.3 Å². The molecular weight excluding hydrogens is 418 g/mol. The van der Waals surface area contributed by atoms with Gasteiger partial charge in [-0.3, -0.25) is 19.3 Å². The zero-order valence-electron chi connectivity index (χ0n) is 16.8. The predicted molar refractivity (Wildman–Crippen MR) is 114 cm³/mol. The average molecular weight is 437 g/mol. The first-order valence-corrected chi connectivity index (χ1v) is 10.8. The van der Waals surface area contributed by atoms with Crippen LogP contribution in [0.15, 0.2) is 41.4 Å². The Labute approximate surface area is 181 Å². The van der Waals surface area contributed by atoms with Crippen molar-refractivity contribution in [3.8, 4) is 11.5 Å². The highest BCUT2D eigenvalue weighted by Crippen LogP contribution is 2.37. The third-order valence-corrected chi connectivity index (χ3v) is 6.29. The molecule has 0 spiro atoms. The minimum atomic E-state index is -0.387. The molecule has 0 bridgehead atoms. The Kier molecular flexibility index (Phi) is 4.82. The molecule has 158 valence electrons. The molecule has 1 fully saturated rings. The molecule has 0 N–H and O–H groups in total. The maximum absolute atomic E-state index is 12.8. The number of aryl methyl sites for hydroxylation is 1. The van der Waals surface area contributed by atoms with Crippen LogP contribution in [-0.4, -0.2) is 29.1 Å². The summed E-state index contributed by atoms with van der Waals surface area (Å²) in [5, 5.41) is 0. The molecule has 2 aliphatic rings. The van der Waals surface area contributed by atoms with Crippen LogP contribution in [0.5, 0.6) is 11.5 Å². The van der Waals surface area contributed by atoms with Crippen LogP contribution < -0.4 is 19.2 Å². The summed E-state index contributed by atoms with van der Waals surface area (Å²) in [6.45, 7) is 2.99. The van der Waals surface area contributed by atoms with Crippen LogP contribution in [0.2, 0.25) is 0 Å². The van der Waals surface area contributed by atoms with Gasteiger partial charge in [-0.05, 0) is 30.7 Å². The minimum Gasteiger partial charge on any atom is -0.454 e. The third-order valence-electron chi connectivity index (χ3n) is 5.25. The van der Waals surface area contributed by atoms with E-state index in [0.717, 1.165) is 21.5 Å². The van der Waals surface area contributed by atoms with Crippen LogP contribution in [0.25, 0.3) is 10.2 Å². The number of hydrogen-bond acceptors (Lipinski definition) is 6. The monoisotopic (exact) mass is 437 g/mol. The lowest BCUT2D eigenvalue weighted by atomic mass is 10.2. The number of rotatable bonds is 4. The number of thiazole rings is 1. The quantitative estimate of drug-likeness (QED) is 0.585. The van der Waals surface area contributed by atoms with Crippen molar-refractivity contribution >= 4 is 45.0 Å². The molecule has 0 aliphatic carbocycles. The van der Waals surface area contributed by atoms with E-state index in [1.54, 1.807) is 24.3 Å². The summed E-state index contributed by atoms with van der Waals surface area (Å²) in [4.78, 5) is 42.8. The van der Waals surface area contributed by atoms with Gasteiger partial charge in [-0.15, -0.1) is 0 Å². The van der Waals surface area contributed by atoms with Gasteiger partial charge in [0.1, 0.15) is 0 Å². The van der Waals surface area contributed by atoms with Gasteiger partial charge in [-0.2, -0.15) is 4.99 Å². The molecule has 2 aromatic carbocycles. The van der Waals surface area contributed by atoms with E-state index in [1.807, 2.05) is 16.7 Å². The van der Waals surface area contributed by atoms with Crippen molar-refractivity contribution in [1.82, 2.24) is 4.57 Å². The number of aromatic nitrogens is 1. The lowest BCUT2D eigenvalue weighted by Crippen LogP contribution is -2.28. The van der Waals surface area contributed by atoms with Gasteiger partial charge in [-0.1, -0.05) is 18.3 Å². The largest absolute Gasteiger partial charge is 0.454 e. The van der Waals surface area contributed by atoms with Crippen LogP contribution in [0, 0.1) is 0 Å². The van der Waals surface area contributed by atoms with Crippen LogP contribution in [-0.2, 0) is 16.1 Å². The zero-order chi connectivity index (χ0) is 21.5.